The number of thiazole rings is 1. The molecule has 1 fully saturated rings. The highest BCUT2D eigenvalue weighted by atomic mass is 32.1. The number of carbonyl (C=O) groups is 2. The highest BCUT2D eigenvalue weighted by Gasteiger charge is 2.48. The Bertz CT molecular complexity index is 1460. The number of amides is 1. The van der Waals surface area contributed by atoms with E-state index in [1.807, 2.05) is 0 Å². The molecule has 1 aliphatic rings. The minimum Gasteiger partial charge on any atom is -0.507 e. The quantitative estimate of drug-likeness (QED) is 0.248. The molecule has 0 spiro atoms. The summed E-state index contributed by atoms with van der Waals surface area (Å²) in [6.45, 7) is 0. The molecule has 0 saturated carbocycles. The summed E-state index contributed by atoms with van der Waals surface area (Å²) < 4.78 is 32.8. The van der Waals surface area contributed by atoms with Gasteiger partial charge in [-0.15, -0.1) is 0 Å². The Labute approximate surface area is 196 Å². The molecule has 5 rings (SSSR count). The van der Waals surface area contributed by atoms with Crippen LogP contribution in [0.1, 0.15) is 17.2 Å². The molecule has 1 atom stereocenters. The van der Waals surface area contributed by atoms with Crippen LogP contribution in [0.3, 0.4) is 0 Å². The zero-order chi connectivity index (χ0) is 24.0. The number of halogens is 2. The van der Waals surface area contributed by atoms with Crippen LogP contribution in [-0.2, 0) is 9.59 Å². The monoisotopic (exact) mass is 478 g/mol. The molecular weight excluding hydrogens is 462 g/mol. The van der Waals surface area contributed by atoms with Gasteiger partial charge < -0.3 is 9.84 Å². The third kappa shape index (κ3) is 3.60. The summed E-state index contributed by atoms with van der Waals surface area (Å²) in [7, 11) is 1.51. The van der Waals surface area contributed by atoms with Crippen molar-refractivity contribution in [2.45, 2.75) is 6.04 Å². The van der Waals surface area contributed by atoms with Crippen molar-refractivity contribution in [1.29, 1.82) is 0 Å². The minimum absolute atomic E-state index is 0.160. The molecule has 0 radical (unpaired) electrons. The van der Waals surface area contributed by atoms with Gasteiger partial charge in [0, 0.05) is 5.56 Å². The Morgan fingerprint density at radius 2 is 1.68 bits per heavy atom. The van der Waals surface area contributed by atoms with Crippen LogP contribution in [0.4, 0.5) is 13.9 Å². The van der Waals surface area contributed by atoms with E-state index in [2.05, 4.69) is 4.98 Å². The van der Waals surface area contributed by atoms with E-state index in [0.717, 1.165) is 23.5 Å². The molecule has 1 aromatic heterocycles. The number of aliphatic hydroxyl groups excluding tert-OH is 1. The second kappa shape index (κ2) is 8.35. The third-order valence-corrected chi connectivity index (χ3v) is 6.56. The molecule has 3 aromatic carbocycles. The summed E-state index contributed by atoms with van der Waals surface area (Å²) in [4.78, 5) is 32.0. The van der Waals surface area contributed by atoms with Crippen molar-refractivity contribution in [3.05, 3.63) is 95.1 Å². The predicted molar refractivity (Wildman–Crippen MR) is 124 cm³/mol. The van der Waals surface area contributed by atoms with Gasteiger partial charge in [-0.3, -0.25) is 14.5 Å². The minimum atomic E-state index is -1.01. The van der Waals surface area contributed by atoms with Crippen molar-refractivity contribution in [2.24, 2.45) is 0 Å². The van der Waals surface area contributed by atoms with Gasteiger partial charge in [0.05, 0.1) is 28.9 Å². The van der Waals surface area contributed by atoms with Gasteiger partial charge in [-0.1, -0.05) is 23.5 Å². The van der Waals surface area contributed by atoms with Crippen LogP contribution in [0, 0.1) is 11.6 Å². The van der Waals surface area contributed by atoms with Gasteiger partial charge in [0.1, 0.15) is 23.1 Å². The Kier molecular flexibility index (Phi) is 5.33. The van der Waals surface area contributed by atoms with E-state index in [9.17, 15) is 23.5 Å². The SMILES string of the molecule is COc1ccc([C@H]2/C(=C(\O)c3ccc(F)cc3)C(=O)C(=O)N2c2nc3ccc(F)cc3s2)cc1. The standard InChI is InChI=1S/C25H16F2N2O4S/c1-33-17-9-4-13(5-10-17)21-20(22(30)14-2-6-15(26)7-3-14)23(31)24(32)29(21)25-28-18-11-8-16(27)12-19(18)34-25/h2-12,21,30H,1H3/b22-20+/t21-/m0/s1. The first kappa shape index (κ1) is 21.7. The average molecular weight is 478 g/mol. The number of hydrogen-bond acceptors (Lipinski definition) is 6. The number of rotatable bonds is 4. The predicted octanol–water partition coefficient (Wildman–Crippen LogP) is 5.21. The number of hydrogen-bond donors (Lipinski definition) is 1. The normalized spacial score (nSPS) is 17.5. The highest BCUT2D eigenvalue weighted by Crippen LogP contribution is 2.44. The highest BCUT2D eigenvalue weighted by molar-refractivity contribution is 7.22. The number of anilines is 1. The van der Waals surface area contributed by atoms with Crippen molar-refractivity contribution in [2.75, 3.05) is 12.0 Å². The second-order valence-corrected chi connectivity index (χ2v) is 8.57. The lowest BCUT2D eigenvalue weighted by Crippen LogP contribution is -2.29. The second-order valence-electron chi connectivity index (χ2n) is 7.56. The van der Waals surface area contributed by atoms with Crippen LogP contribution in [0.2, 0.25) is 0 Å². The number of ketones is 1. The largest absolute Gasteiger partial charge is 0.507 e. The zero-order valence-electron chi connectivity index (χ0n) is 17.7. The maximum Gasteiger partial charge on any atom is 0.301 e. The van der Waals surface area contributed by atoms with E-state index in [-0.39, 0.29) is 16.3 Å². The number of carbonyl (C=O) groups excluding carboxylic acids is 2. The van der Waals surface area contributed by atoms with Crippen molar-refractivity contribution in [1.82, 2.24) is 4.98 Å². The average Bonchev–Trinajstić information content (AvgIpc) is 3.37. The Morgan fingerprint density at radius 3 is 2.35 bits per heavy atom. The van der Waals surface area contributed by atoms with Gasteiger partial charge >= 0.3 is 5.91 Å². The number of aromatic nitrogens is 1. The molecule has 4 aromatic rings. The first-order valence-corrected chi connectivity index (χ1v) is 11.0. The summed E-state index contributed by atoms with van der Waals surface area (Å²) in [6, 6.07) is 14.7. The Balaban J connectivity index is 1.72. The first-order valence-electron chi connectivity index (χ1n) is 10.1. The smallest absolute Gasteiger partial charge is 0.301 e. The molecular formula is C25H16F2N2O4S. The summed E-state index contributed by atoms with van der Waals surface area (Å²) in [5, 5.41) is 11.2. The van der Waals surface area contributed by atoms with E-state index >= 15 is 0 Å². The fourth-order valence-electron chi connectivity index (χ4n) is 3.88. The molecule has 1 aliphatic heterocycles. The van der Waals surface area contributed by atoms with Crippen molar-refractivity contribution < 1.29 is 28.2 Å². The van der Waals surface area contributed by atoms with Crippen LogP contribution in [0.5, 0.6) is 5.75 Å². The topological polar surface area (TPSA) is 79.7 Å². The van der Waals surface area contributed by atoms with Gasteiger partial charge in [-0.2, -0.15) is 0 Å². The molecule has 0 aliphatic carbocycles. The molecule has 0 unspecified atom stereocenters. The fraction of sp³-hybridized carbons (Fsp3) is 0.0800. The van der Waals surface area contributed by atoms with Crippen molar-refractivity contribution in [3.8, 4) is 5.75 Å². The molecule has 1 N–H and O–H groups in total. The maximum absolute atomic E-state index is 13.7. The van der Waals surface area contributed by atoms with Crippen LogP contribution in [0.15, 0.2) is 72.3 Å². The molecule has 34 heavy (non-hydrogen) atoms. The zero-order valence-corrected chi connectivity index (χ0v) is 18.5. The van der Waals surface area contributed by atoms with E-state index < -0.39 is 35.1 Å². The summed E-state index contributed by atoms with van der Waals surface area (Å²) in [5.74, 6) is -2.63. The molecule has 1 amide bonds. The fourth-order valence-corrected chi connectivity index (χ4v) is 4.90. The molecule has 9 heteroatoms. The van der Waals surface area contributed by atoms with Crippen LogP contribution in [-0.4, -0.2) is 28.9 Å². The number of nitrogens with zero attached hydrogens (tertiary/aromatic N) is 2. The van der Waals surface area contributed by atoms with Crippen molar-refractivity contribution >= 4 is 44.1 Å². The van der Waals surface area contributed by atoms with E-state index in [4.69, 9.17) is 4.74 Å². The molecule has 1 saturated heterocycles. The number of fused-ring (bicyclic) bond motifs is 1. The number of methoxy groups -OCH3 is 1. The lowest BCUT2D eigenvalue weighted by Gasteiger charge is -2.23. The molecule has 0 bridgehead atoms. The van der Waals surface area contributed by atoms with Crippen LogP contribution < -0.4 is 9.64 Å². The Morgan fingerprint density at radius 1 is 1.00 bits per heavy atom. The molecule has 6 nitrogen and oxygen atoms in total. The lowest BCUT2D eigenvalue weighted by molar-refractivity contribution is -0.132. The van der Waals surface area contributed by atoms with Crippen LogP contribution >= 0.6 is 11.3 Å². The number of aliphatic hydroxyl groups is 1. The third-order valence-electron chi connectivity index (χ3n) is 5.54. The van der Waals surface area contributed by atoms with Gasteiger partial charge in [-0.05, 0) is 60.2 Å². The van der Waals surface area contributed by atoms with Gasteiger partial charge in [0.2, 0.25) is 0 Å². The number of Topliss-reactive ketones (excluding diaryl/α,β-unsaturated/α-hetero) is 1. The Hall–Kier alpha value is -4.11. The van der Waals surface area contributed by atoms with Crippen molar-refractivity contribution in [3.63, 3.8) is 0 Å². The number of benzene rings is 3. The van der Waals surface area contributed by atoms with Gasteiger partial charge in [-0.25, -0.2) is 13.8 Å². The van der Waals surface area contributed by atoms with E-state index in [0.29, 0.717) is 21.5 Å². The van der Waals surface area contributed by atoms with Gasteiger partial charge in [0.15, 0.2) is 5.13 Å². The van der Waals surface area contributed by atoms with E-state index in [1.165, 1.54) is 42.3 Å². The summed E-state index contributed by atoms with van der Waals surface area (Å²) >= 11 is 1.06. The van der Waals surface area contributed by atoms with Gasteiger partial charge in [0.25, 0.3) is 5.78 Å². The van der Waals surface area contributed by atoms with Crippen LogP contribution in [0.25, 0.3) is 16.0 Å². The first-order chi connectivity index (χ1) is 16.4. The maximum atomic E-state index is 13.7. The van der Waals surface area contributed by atoms with E-state index in [1.54, 1.807) is 24.3 Å². The lowest BCUT2D eigenvalue weighted by atomic mass is 9.95. The molecule has 170 valence electrons. The summed E-state index contributed by atoms with van der Waals surface area (Å²) in [5.41, 5.74) is 1.01. The summed E-state index contributed by atoms with van der Waals surface area (Å²) in [6.07, 6.45) is 0. The molecule has 2 heterocycles. The number of ether oxygens (including phenoxy) is 1.